The van der Waals surface area contributed by atoms with Crippen LogP contribution in [-0.2, 0) is 9.59 Å². The van der Waals surface area contributed by atoms with Gasteiger partial charge in [-0.1, -0.05) is 32.9 Å². The van der Waals surface area contributed by atoms with Gasteiger partial charge in [-0.2, -0.15) is 0 Å². The Labute approximate surface area is 126 Å². The zero-order valence-corrected chi connectivity index (χ0v) is 13.5. The number of rotatable bonds is 1. The van der Waals surface area contributed by atoms with Gasteiger partial charge in [-0.15, -0.1) is 0 Å². The van der Waals surface area contributed by atoms with Gasteiger partial charge in [0, 0.05) is 5.92 Å². The smallest absolute Gasteiger partial charge is 0.240 e. The van der Waals surface area contributed by atoms with Crippen molar-refractivity contribution in [3.63, 3.8) is 0 Å². The number of hydrogen-bond acceptors (Lipinski definition) is 2. The lowest BCUT2D eigenvalue weighted by atomic mass is 9.62. The van der Waals surface area contributed by atoms with Crippen molar-refractivity contribution in [1.82, 2.24) is 0 Å². The lowest BCUT2D eigenvalue weighted by Crippen LogP contribution is -2.59. The number of benzene rings is 1. The predicted octanol–water partition coefficient (Wildman–Crippen LogP) is 3.62. The molecule has 112 valence electrons. The fourth-order valence-electron chi connectivity index (χ4n) is 4.02. The molecule has 1 saturated carbocycles. The number of carbonyl (C=O) groups is 2. The molecular weight excluding hydrogens is 262 g/mol. The summed E-state index contributed by atoms with van der Waals surface area (Å²) in [5, 5.41) is 0. The largest absolute Gasteiger partial charge is 0.274 e. The average Bonchev–Trinajstić information content (AvgIpc) is 2.59. The van der Waals surface area contributed by atoms with E-state index in [0.717, 1.165) is 29.7 Å². The summed E-state index contributed by atoms with van der Waals surface area (Å²) in [7, 11) is 0. The molecule has 1 heterocycles. The van der Waals surface area contributed by atoms with Crippen LogP contribution < -0.4 is 4.90 Å². The second-order valence-electron chi connectivity index (χ2n) is 7.34. The van der Waals surface area contributed by atoms with Crippen LogP contribution in [0.25, 0.3) is 0 Å². The normalized spacial score (nSPS) is 30.9. The van der Waals surface area contributed by atoms with E-state index < -0.39 is 5.41 Å². The van der Waals surface area contributed by atoms with Gasteiger partial charge in [0.2, 0.25) is 11.8 Å². The molecule has 1 aliphatic carbocycles. The number of fused-ring (bicyclic) bond motifs is 2. The van der Waals surface area contributed by atoms with E-state index in [0.29, 0.717) is 0 Å². The maximum atomic E-state index is 13.1. The first-order valence-corrected chi connectivity index (χ1v) is 7.66. The Balaban J connectivity index is 2.16. The quantitative estimate of drug-likeness (QED) is 0.739. The molecule has 0 spiro atoms. The lowest BCUT2D eigenvalue weighted by molar-refractivity contribution is -0.146. The summed E-state index contributed by atoms with van der Waals surface area (Å²) in [6, 6.07) is 5.82. The molecule has 0 unspecified atom stereocenters. The van der Waals surface area contributed by atoms with Crippen LogP contribution in [-0.4, -0.2) is 11.8 Å². The number of imide groups is 1. The molecule has 0 aromatic heterocycles. The number of amides is 2. The highest BCUT2D eigenvalue weighted by Crippen LogP contribution is 2.60. The van der Waals surface area contributed by atoms with Gasteiger partial charge in [0.15, 0.2) is 0 Å². The second kappa shape index (κ2) is 4.19. The minimum Gasteiger partial charge on any atom is -0.274 e. The first-order chi connectivity index (χ1) is 9.72. The van der Waals surface area contributed by atoms with Gasteiger partial charge in [-0.05, 0) is 49.3 Å². The van der Waals surface area contributed by atoms with E-state index in [1.165, 1.54) is 4.90 Å². The lowest BCUT2D eigenvalue weighted by Gasteiger charge is -2.47. The molecule has 0 radical (unpaired) electrons. The summed E-state index contributed by atoms with van der Waals surface area (Å²) in [5.74, 6) is -0.103. The van der Waals surface area contributed by atoms with E-state index in [4.69, 9.17) is 0 Å². The Morgan fingerprint density at radius 1 is 1.14 bits per heavy atom. The first kappa shape index (κ1) is 14.3. The molecule has 0 N–H and O–H groups in total. The zero-order chi connectivity index (χ0) is 15.6. The van der Waals surface area contributed by atoms with Crippen LogP contribution in [0.4, 0.5) is 5.69 Å². The van der Waals surface area contributed by atoms with E-state index in [1.54, 1.807) is 0 Å². The molecule has 2 atom stereocenters. The van der Waals surface area contributed by atoms with Crippen LogP contribution in [0.2, 0.25) is 0 Å². The first-order valence-electron chi connectivity index (χ1n) is 7.66. The Hall–Kier alpha value is -1.64. The highest BCUT2D eigenvalue weighted by Gasteiger charge is 2.64. The molecule has 1 aromatic carbocycles. The molecule has 1 aliphatic heterocycles. The standard InChI is InChI=1S/C18H23NO2/c1-11-7-6-8-14(12(11)2)19-15(20)13-9-10-18(5,16(19)21)17(13,3)4/h6-8,13H,9-10H2,1-5H3/t13-,18-/m0/s1. The van der Waals surface area contributed by atoms with E-state index in [9.17, 15) is 9.59 Å². The summed E-state index contributed by atoms with van der Waals surface area (Å²) < 4.78 is 0. The van der Waals surface area contributed by atoms with Crippen molar-refractivity contribution < 1.29 is 9.59 Å². The van der Waals surface area contributed by atoms with Crippen LogP contribution in [0.5, 0.6) is 0 Å². The minimum absolute atomic E-state index is 0.0197. The van der Waals surface area contributed by atoms with Crippen molar-refractivity contribution in [3.05, 3.63) is 29.3 Å². The number of hydrogen-bond donors (Lipinski definition) is 0. The fourth-order valence-corrected chi connectivity index (χ4v) is 4.02. The molecule has 2 bridgehead atoms. The Morgan fingerprint density at radius 3 is 2.48 bits per heavy atom. The van der Waals surface area contributed by atoms with Crippen LogP contribution >= 0.6 is 0 Å². The Kier molecular flexibility index (Phi) is 2.85. The summed E-state index contributed by atoms with van der Waals surface area (Å²) >= 11 is 0. The van der Waals surface area contributed by atoms with Gasteiger partial charge in [0.1, 0.15) is 0 Å². The van der Waals surface area contributed by atoms with Crippen molar-refractivity contribution in [2.45, 2.75) is 47.5 Å². The van der Waals surface area contributed by atoms with Crippen LogP contribution in [0, 0.1) is 30.6 Å². The van der Waals surface area contributed by atoms with E-state index in [1.807, 2.05) is 39.0 Å². The van der Waals surface area contributed by atoms with Gasteiger partial charge < -0.3 is 0 Å². The van der Waals surface area contributed by atoms with Crippen molar-refractivity contribution >= 4 is 17.5 Å². The van der Waals surface area contributed by atoms with Gasteiger partial charge >= 0.3 is 0 Å². The SMILES string of the molecule is Cc1cccc(N2C(=O)[C@@H]3CC[C@@](C)(C2=O)C3(C)C)c1C. The number of aryl methyl sites for hydroxylation is 1. The highest BCUT2D eigenvalue weighted by atomic mass is 16.2. The van der Waals surface area contributed by atoms with E-state index >= 15 is 0 Å². The van der Waals surface area contributed by atoms with Gasteiger partial charge in [-0.3, -0.25) is 9.59 Å². The molecule has 21 heavy (non-hydrogen) atoms. The van der Waals surface area contributed by atoms with Crippen LogP contribution in [0.1, 0.15) is 44.7 Å². The van der Waals surface area contributed by atoms with Crippen molar-refractivity contribution in [2.75, 3.05) is 4.90 Å². The summed E-state index contributed by atoms with van der Waals surface area (Å²) in [6.07, 6.45) is 1.62. The van der Waals surface area contributed by atoms with E-state index in [-0.39, 0.29) is 23.1 Å². The highest BCUT2D eigenvalue weighted by molar-refractivity contribution is 6.21. The molecule has 3 rings (SSSR count). The maximum absolute atomic E-state index is 13.1. The number of anilines is 1. The van der Waals surface area contributed by atoms with Crippen LogP contribution in [0.15, 0.2) is 18.2 Å². The van der Waals surface area contributed by atoms with E-state index in [2.05, 4.69) is 13.8 Å². The van der Waals surface area contributed by atoms with Gasteiger partial charge in [0.25, 0.3) is 0 Å². The third-order valence-corrected chi connectivity index (χ3v) is 6.24. The maximum Gasteiger partial charge on any atom is 0.240 e. The molecule has 2 aliphatic rings. The minimum atomic E-state index is -0.443. The van der Waals surface area contributed by atoms with Crippen LogP contribution in [0.3, 0.4) is 0 Å². The predicted molar refractivity (Wildman–Crippen MR) is 83.0 cm³/mol. The van der Waals surface area contributed by atoms with Crippen molar-refractivity contribution in [1.29, 1.82) is 0 Å². The topological polar surface area (TPSA) is 37.4 Å². The summed E-state index contributed by atoms with van der Waals surface area (Å²) in [5.41, 5.74) is 2.19. The monoisotopic (exact) mass is 285 g/mol. The van der Waals surface area contributed by atoms with Crippen molar-refractivity contribution in [2.24, 2.45) is 16.7 Å². The molecular formula is C18H23NO2. The summed E-state index contributed by atoms with van der Waals surface area (Å²) in [6.45, 7) is 10.2. The second-order valence-corrected chi connectivity index (χ2v) is 7.34. The fraction of sp³-hybridized carbons (Fsp3) is 0.556. The molecule has 3 heteroatoms. The summed E-state index contributed by atoms with van der Waals surface area (Å²) in [4.78, 5) is 27.5. The molecule has 2 amide bonds. The molecule has 1 aromatic rings. The number of piperidine rings is 1. The Morgan fingerprint density at radius 2 is 1.81 bits per heavy atom. The number of nitrogens with zero attached hydrogens (tertiary/aromatic N) is 1. The van der Waals surface area contributed by atoms with Gasteiger partial charge in [-0.25, -0.2) is 4.90 Å². The zero-order valence-electron chi connectivity index (χ0n) is 13.5. The molecule has 2 fully saturated rings. The average molecular weight is 285 g/mol. The van der Waals surface area contributed by atoms with Gasteiger partial charge in [0.05, 0.1) is 11.1 Å². The van der Waals surface area contributed by atoms with Crippen molar-refractivity contribution in [3.8, 4) is 0 Å². The molecule has 3 nitrogen and oxygen atoms in total. The number of carbonyl (C=O) groups excluding carboxylic acids is 2. The Bertz CT molecular complexity index is 647. The third kappa shape index (κ3) is 1.60. The molecule has 1 saturated heterocycles. The third-order valence-electron chi connectivity index (χ3n) is 6.24.